The SMILES string of the molecule is Cc1cc(-c2ccc(C)c(N)c2)ccn1. The number of rotatable bonds is 1. The summed E-state index contributed by atoms with van der Waals surface area (Å²) in [7, 11) is 0. The summed E-state index contributed by atoms with van der Waals surface area (Å²) in [5.74, 6) is 0. The fourth-order valence-corrected chi connectivity index (χ4v) is 1.55. The Morgan fingerprint density at radius 3 is 2.40 bits per heavy atom. The summed E-state index contributed by atoms with van der Waals surface area (Å²) in [6.07, 6.45) is 1.82. The van der Waals surface area contributed by atoms with Crippen LogP contribution in [-0.2, 0) is 0 Å². The number of pyridine rings is 1. The molecule has 2 rings (SSSR count). The lowest BCUT2D eigenvalue weighted by Gasteiger charge is -2.05. The monoisotopic (exact) mass is 198 g/mol. The van der Waals surface area contributed by atoms with Crippen LogP contribution in [0.5, 0.6) is 0 Å². The van der Waals surface area contributed by atoms with E-state index in [9.17, 15) is 0 Å². The highest BCUT2D eigenvalue weighted by Gasteiger charge is 2.00. The maximum absolute atomic E-state index is 5.88. The van der Waals surface area contributed by atoms with Crippen LogP contribution in [0, 0.1) is 13.8 Å². The fraction of sp³-hybridized carbons (Fsp3) is 0.154. The Morgan fingerprint density at radius 2 is 1.73 bits per heavy atom. The molecule has 0 spiro atoms. The Morgan fingerprint density at radius 1 is 1.00 bits per heavy atom. The predicted molar refractivity (Wildman–Crippen MR) is 63.6 cm³/mol. The zero-order valence-electron chi connectivity index (χ0n) is 8.99. The van der Waals surface area contributed by atoms with E-state index in [4.69, 9.17) is 5.73 Å². The van der Waals surface area contributed by atoms with Gasteiger partial charge in [-0.25, -0.2) is 0 Å². The zero-order chi connectivity index (χ0) is 10.8. The van der Waals surface area contributed by atoms with Gasteiger partial charge in [0.15, 0.2) is 0 Å². The van der Waals surface area contributed by atoms with E-state index in [0.29, 0.717) is 0 Å². The molecule has 0 aliphatic rings. The van der Waals surface area contributed by atoms with Crippen molar-refractivity contribution in [2.75, 3.05) is 5.73 Å². The van der Waals surface area contributed by atoms with E-state index in [0.717, 1.165) is 28.1 Å². The van der Waals surface area contributed by atoms with E-state index in [1.807, 2.05) is 38.2 Å². The van der Waals surface area contributed by atoms with Crippen molar-refractivity contribution < 1.29 is 0 Å². The average molecular weight is 198 g/mol. The van der Waals surface area contributed by atoms with Gasteiger partial charge >= 0.3 is 0 Å². The summed E-state index contributed by atoms with van der Waals surface area (Å²) < 4.78 is 0. The molecule has 0 fully saturated rings. The van der Waals surface area contributed by atoms with E-state index in [1.54, 1.807) is 0 Å². The molecule has 1 aromatic heterocycles. The smallest absolute Gasteiger partial charge is 0.0378 e. The van der Waals surface area contributed by atoms with Crippen molar-refractivity contribution in [2.45, 2.75) is 13.8 Å². The molecule has 1 heterocycles. The van der Waals surface area contributed by atoms with Gasteiger partial charge in [-0.2, -0.15) is 0 Å². The van der Waals surface area contributed by atoms with Crippen molar-refractivity contribution in [3.8, 4) is 11.1 Å². The summed E-state index contributed by atoms with van der Waals surface area (Å²) in [5.41, 5.74) is 11.2. The Kier molecular flexibility index (Phi) is 2.42. The first kappa shape index (κ1) is 9.71. The quantitative estimate of drug-likeness (QED) is 0.715. The van der Waals surface area contributed by atoms with Gasteiger partial charge in [0, 0.05) is 17.6 Å². The number of hydrogen-bond donors (Lipinski definition) is 1. The van der Waals surface area contributed by atoms with Crippen LogP contribution in [0.15, 0.2) is 36.5 Å². The first-order valence-electron chi connectivity index (χ1n) is 4.96. The van der Waals surface area contributed by atoms with Crippen LogP contribution < -0.4 is 5.73 Å². The van der Waals surface area contributed by atoms with Crippen molar-refractivity contribution in [3.05, 3.63) is 47.8 Å². The van der Waals surface area contributed by atoms with Gasteiger partial charge in [-0.05, 0) is 48.7 Å². The highest BCUT2D eigenvalue weighted by atomic mass is 14.6. The first-order valence-corrected chi connectivity index (χ1v) is 4.96. The normalized spacial score (nSPS) is 10.3. The highest BCUT2D eigenvalue weighted by molar-refractivity contribution is 5.68. The van der Waals surface area contributed by atoms with E-state index in [2.05, 4.69) is 17.1 Å². The number of nitrogen functional groups attached to an aromatic ring is 1. The molecule has 1 aromatic carbocycles. The molecule has 0 aliphatic carbocycles. The lowest BCUT2D eigenvalue weighted by atomic mass is 10.0. The summed E-state index contributed by atoms with van der Waals surface area (Å²) in [6.45, 7) is 4.00. The summed E-state index contributed by atoms with van der Waals surface area (Å²) >= 11 is 0. The molecule has 0 aliphatic heterocycles. The second-order valence-electron chi connectivity index (χ2n) is 3.76. The number of aromatic nitrogens is 1. The van der Waals surface area contributed by atoms with Gasteiger partial charge in [-0.3, -0.25) is 4.98 Å². The van der Waals surface area contributed by atoms with Gasteiger partial charge in [0.05, 0.1) is 0 Å². The van der Waals surface area contributed by atoms with Crippen LogP contribution in [0.3, 0.4) is 0 Å². The Bertz CT molecular complexity index is 490. The predicted octanol–water partition coefficient (Wildman–Crippen LogP) is 2.95. The van der Waals surface area contributed by atoms with E-state index in [1.165, 1.54) is 0 Å². The van der Waals surface area contributed by atoms with Crippen molar-refractivity contribution in [3.63, 3.8) is 0 Å². The Balaban J connectivity index is 2.50. The van der Waals surface area contributed by atoms with Gasteiger partial charge in [0.2, 0.25) is 0 Å². The fourth-order valence-electron chi connectivity index (χ4n) is 1.55. The molecule has 0 bridgehead atoms. The van der Waals surface area contributed by atoms with Crippen LogP contribution in [0.1, 0.15) is 11.3 Å². The number of anilines is 1. The molecule has 0 amide bonds. The molecule has 0 radical (unpaired) electrons. The lowest BCUT2D eigenvalue weighted by Crippen LogP contribution is -1.90. The molecule has 2 aromatic rings. The number of nitrogens with zero attached hydrogens (tertiary/aromatic N) is 1. The Labute approximate surface area is 89.8 Å². The van der Waals surface area contributed by atoms with E-state index >= 15 is 0 Å². The van der Waals surface area contributed by atoms with Gasteiger partial charge in [-0.15, -0.1) is 0 Å². The van der Waals surface area contributed by atoms with Crippen LogP contribution in [-0.4, -0.2) is 4.98 Å². The number of nitrogens with two attached hydrogens (primary N) is 1. The molecule has 0 atom stereocenters. The van der Waals surface area contributed by atoms with Crippen molar-refractivity contribution >= 4 is 5.69 Å². The third kappa shape index (κ3) is 1.99. The summed E-state index contributed by atoms with van der Waals surface area (Å²) in [6, 6.07) is 10.2. The molecular formula is C13H14N2. The highest BCUT2D eigenvalue weighted by Crippen LogP contribution is 2.23. The molecule has 0 unspecified atom stereocenters. The maximum atomic E-state index is 5.88. The largest absolute Gasteiger partial charge is 0.398 e. The second kappa shape index (κ2) is 3.73. The van der Waals surface area contributed by atoms with Gasteiger partial charge < -0.3 is 5.73 Å². The first-order chi connectivity index (χ1) is 7.16. The summed E-state index contributed by atoms with van der Waals surface area (Å²) in [5, 5.41) is 0. The molecule has 2 heteroatoms. The third-order valence-electron chi connectivity index (χ3n) is 2.51. The summed E-state index contributed by atoms with van der Waals surface area (Å²) in [4.78, 5) is 4.17. The number of benzene rings is 1. The topological polar surface area (TPSA) is 38.9 Å². The standard InChI is InChI=1S/C13H14N2/c1-9-3-4-11(8-13(9)14)12-5-6-15-10(2)7-12/h3-8H,14H2,1-2H3. The molecule has 0 saturated carbocycles. The van der Waals surface area contributed by atoms with E-state index < -0.39 is 0 Å². The molecule has 76 valence electrons. The van der Waals surface area contributed by atoms with Gasteiger partial charge in [-0.1, -0.05) is 12.1 Å². The van der Waals surface area contributed by atoms with Crippen LogP contribution in [0.4, 0.5) is 5.69 Å². The zero-order valence-corrected chi connectivity index (χ0v) is 8.99. The minimum absolute atomic E-state index is 0.835. The number of aryl methyl sites for hydroxylation is 2. The Hall–Kier alpha value is -1.83. The van der Waals surface area contributed by atoms with Crippen molar-refractivity contribution in [1.29, 1.82) is 0 Å². The van der Waals surface area contributed by atoms with E-state index in [-0.39, 0.29) is 0 Å². The minimum atomic E-state index is 0.835. The third-order valence-corrected chi connectivity index (χ3v) is 2.51. The second-order valence-corrected chi connectivity index (χ2v) is 3.76. The minimum Gasteiger partial charge on any atom is -0.398 e. The number of hydrogen-bond acceptors (Lipinski definition) is 2. The lowest BCUT2D eigenvalue weighted by molar-refractivity contribution is 1.20. The van der Waals surface area contributed by atoms with Crippen LogP contribution in [0.25, 0.3) is 11.1 Å². The average Bonchev–Trinajstić information content (AvgIpc) is 2.22. The molecule has 2 nitrogen and oxygen atoms in total. The van der Waals surface area contributed by atoms with Crippen molar-refractivity contribution in [2.24, 2.45) is 0 Å². The maximum Gasteiger partial charge on any atom is 0.0378 e. The van der Waals surface area contributed by atoms with Crippen LogP contribution in [0.2, 0.25) is 0 Å². The molecule has 2 N–H and O–H groups in total. The molecular weight excluding hydrogens is 184 g/mol. The van der Waals surface area contributed by atoms with Crippen LogP contribution >= 0.6 is 0 Å². The van der Waals surface area contributed by atoms with Crippen molar-refractivity contribution in [1.82, 2.24) is 4.98 Å². The molecule has 0 saturated heterocycles. The van der Waals surface area contributed by atoms with Gasteiger partial charge in [0.25, 0.3) is 0 Å². The van der Waals surface area contributed by atoms with Gasteiger partial charge in [0.1, 0.15) is 0 Å². The molecule has 15 heavy (non-hydrogen) atoms.